The van der Waals surface area contributed by atoms with Crippen LogP contribution < -0.4 is 15.6 Å². The van der Waals surface area contributed by atoms with Crippen molar-refractivity contribution in [1.29, 1.82) is 0 Å². The van der Waals surface area contributed by atoms with Crippen molar-refractivity contribution in [2.45, 2.75) is 6.92 Å². The molecule has 2 amide bonds. The molecule has 25 heavy (non-hydrogen) atoms. The first-order valence-electron chi connectivity index (χ1n) is 7.90. The Hall–Kier alpha value is -3.34. The molecule has 0 aromatic heterocycles. The Bertz CT molecular complexity index is 916. The summed E-state index contributed by atoms with van der Waals surface area (Å²) in [5.41, 5.74) is 6.10. The number of carbonyl (C=O) groups excluding carboxylic acids is 2. The molecule has 0 saturated heterocycles. The quantitative estimate of drug-likeness (QED) is 0.721. The number of hydrazine groups is 1. The van der Waals surface area contributed by atoms with E-state index in [0.29, 0.717) is 11.3 Å². The molecule has 0 unspecified atom stereocenters. The average molecular weight is 334 g/mol. The van der Waals surface area contributed by atoms with Crippen LogP contribution in [-0.2, 0) is 4.79 Å². The molecule has 0 heterocycles. The summed E-state index contributed by atoms with van der Waals surface area (Å²) in [5, 5.41) is 1.97. The van der Waals surface area contributed by atoms with E-state index in [9.17, 15) is 9.59 Å². The SMILES string of the molecule is Cc1ccccc1C(=O)NNC(=O)COc1cccc2ccccc12. The summed E-state index contributed by atoms with van der Waals surface area (Å²) < 4.78 is 5.58. The van der Waals surface area contributed by atoms with Crippen LogP contribution in [0.4, 0.5) is 0 Å². The third kappa shape index (κ3) is 3.95. The molecule has 0 spiro atoms. The zero-order chi connectivity index (χ0) is 17.6. The van der Waals surface area contributed by atoms with E-state index in [0.717, 1.165) is 16.3 Å². The maximum atomic E-state index is 12.1. The van der Waals surface area contributed by atoms with Crippen LogP contribution in [0, 0.1) is 6.92 Å². The number of benzene rings is 3. The number of fused-ring (bicyclic) bond motifs is 1. The smallest absolute Gasteiger partial charge is 0.276 e. The van der Waals surface area contributed by atoms with Crippen LogP contribution in [0.3, 0.4) is 0 Å². The lowest BCUT2D eigenvalue weighted by Gasteiger charge is -2.11. The van der Waals surface area contributed by atoms with E-state index in [2.05, 4.69) is 10.9 Å². The van der Waals surface area contributed by atoms with Crippen molar-refractivity contribution < 1.29 is 14.3 Å². The number of hydrogen-bond acceptors (Lipinski definition) is 3. The predicted molar refractivity (Wildman–Crippen MR) is 96.2 cm³/mol. The number of rotatable bonds is 4. The molecule has 0 radical (unpaired) electrons. The van der Waals surface area contributed by atoms with Crippen molar-refractivity contribution in [3.8, 4) is 5.75 Å². The fourth-order valence-electron chi connectivity index (χ4n) is 2.52. The Morgan fingerprint density at radius 3 is 2.44 bits per heavy atom. The molecule has 3 aromatic rings. The van der Waals surface area contributed by atoms with Crippen LogP contribution in [0.15, 0.2) is 66.7 Å². The largest absolute Gasteiger partial charge is 0.483 e. The molecule has 0 saturated carbocycles. The molecule has 0 fully saturated rings. The molecule has 3 rings (SSSR count). The van der Waals surface area contributed by atoms with Gasteiger partial charge in [-0.25, -0.2) is 0 Å². The van der Waals surface area contributed by atoms with Gasteiger partial charge in [-0.2, -0.15) is 0 Å². The van der Waals surface area contributed by atoms with E-state index in [-0.39, 0.29) is 12.5 Å². The van der Waals surface area contributed by atoms with Crippen LogP contribution in [0.1, 0.15) is 15.9 Å². The topological polar surface area (TPSA) is 67.4 Å². The van der Waals surface area contributed by atoms with Crippen LogP contribution >= 0.6 is 0 Å². The van der Waals surface area contributed by atoms with Gasteiger partial charge in [-0.1, -0.05) is 54.6 Å². The average Bonchev–Trinajstić information content (AvgIpc) is 2.64. The van der Waals surface area contributed by atoms with E-state index in [1.807, 2.05) is 61.5 Å². The van der Waals surface area contributed by atoms with Crippen molar-refractivity contribution in [3.63, 3.8) is 0 Å². The molecule has 2 N–H and O–H groups in total. The van der Waals surface area contributed by atoms with Gasteiger partial charge in [0.25, 0.3) is 11.8 Å². The Morgan fingerprint density at radius 2 is 1.60 bits per heavy atom. The molecule has 3 aromatic carbocycles. The van der Waals surface area contributed by atoms with Gasteiger partial charge in [-0.15, -0.1) is 0 Å². The first-order valence-corrected chi connectivity index (χ1v) is 7.90. The summed E-state index contributed by atoms with van der Waals surface area (Å²) in [6.07, 6.45) is 0. The summed E-state index contributed by atoms with van der Waals surface area (Å²) in [4.78, 5) is 24.0. The first-order chi connectivity index (χ1) is 12.1. The maximum absolute atomic E-state index is 12.1. The molecule has 5 heteroatoms. The monoisotopic (exact) mass is 334 g/mol. The van der Waals surface area contributed by atoms with Crippen molar-refractivity contribution in [2.75, 3.05) is 6.61 Å². The molecule has 0 atom stereocenters. The van der Waals surface area contributed by atoms with Gasteiger partial charge in [0, 0.05) is 10.9 Å². The Kier molecular flexibility index (Phi) is 4.95. The molecule has 0 aliphatic rings. The maximum Gasteiger partial charge on any atom is 0.276 e. The number of nitrogens with one attached hydrogen (secondary N) is 2. The van der Waals surface area contributed by atoms with Crippen molar-refractivity contribution in [2.24, 2.45) is 0 Å². The van der Waals surface area contributed by atoms with Gasteiger partial charge in [-0.3, -0.25) is 20.4 Å². The molecule has 0 aliphatic heterocycles. The Morgan fingerprint density at radius 1 is 0.880 bits per heavy atom. The molecule has 126 valence electrons. The minimum atomic E-state index is -0.435. The van der Waals surface area contributed by atoms with E-state index in [1.165, 1.54) is 0 Å². The zero-order valence-electron chi connectivity index (χ0n) is 13.8. The minimum absolute atomic E-state index is 0.192. The zero-order valence-corrected chi connectivity index (χ0v) is 13.8. The highest BCUT2D eigenvalue weighted by atomic mass is 16.5. The van der Waals surface area contributed by atoms with Crippen LogP contribution in [0.2, 0.25) is 0 Å². The van der Waals surface area contributed by atoms with Crippen molar-refractivity contribution in [3.05, 3.63) is 77.9 Å². The van der Waals surface area contributed by atoms with Gasteiger partial charge in [0.05, 0.1) is 0 Å². The van der Waals surface area contributed by atoms with E-state index < -0.39 is 5.91 Å². The summed E-state index contributed by atoms with van der Waals surface area (Å²) in [5.74, 6) is -0.176. The second-order valence-electron chi connectivity index (χ2n) is 5.58. The van der Waals surface area contributed by atoms with Gasteiger partial charge in [-0.05, 0) is 30.0 Å². The number of carbonyl (C=O) groups is 2. The van der Waals surface area contributed by atoms with E-state index >= 15 is 0 Å². The van der Waals surface area contributed by atoms with Crippen LogP contribution in [0.25, 0.3) is 10.8 Å². The number of amides is 2. The van der Waals surface area contributed by atoms with Crippen molar-refractivity contribution >= 4 is 22.6 Å². The van der Waals surface area contributed by atoms with Gasteiger partial charge in [0.2, 0.25) is 0 Å². The molecular weight excluding hydrogens is 316 g/mol. The lowest BCUT2D eigenvalue weighted by atomic mass is 10.1. The van der Waals surface area contributed by atoms with E-state index in [4.69, 9.17) is 4.74 Å². The highest BCUT2D eigenvalue weighted by molar-refractivity contribution is 5.96. The first kappa shape index (κ1) is 16.5. The summed E-state index contributed by atoms with van der Waals surface area (Å²) in [6.45, 7) is 1.64. The number of ether oxygens (including phenoxy) is 1. The molecular formula is C20H18N2O3. The summed E-state index contributed by atoms with van der Waals surface area (Å²) in [6, 6.07) is 20.6. The fourth-order valence-corrected chi connectivity index (χ4v) is 2.52. The molecule has 0 bridgehead atoms. The van der Waals surface area contributed by atoms with Gasteiger partial charge in [0.15, 0.2) is 6.61 Å². The Labute approximate surface area is 145 Å². The third-order valence-electron chi connectivity index (χ3n) is 3.81. The third-order valence-corrected chi connectivity index (χ3v) is 3.81. The predicted octanol–water partition coefficient (Wildman–Crippen LogP) is 2.99. The standard InChI is InChI=1S/C20H18N2O3/c1-14-7-2-4-10-16(14)20(24)22-21-19(23)13-25-18-12-6-9-15-8-3-5-11-17(15)18/h2-12H,13H2,1H3,(H,21,23)(H,22,24). The van der Waals surface area contributed by atoms with E-state index in [1.54, 1.807) is 12.1 Å². The summed E-state index contributed by atoms with van der Waals surface area (Å²) >= 11 is 0. The van der Waals surface area contributed by atoms with Gasteiger partial charge < -0.3 is 4.74 Å². The second kappa shape index (κ2) is 7.49. The fraction of sp³-hybridized carbons (Fsp3) is 0.100. The Balaban J connectivity index is 1.56. The highest BCUT2D eigenvalue weighted by Crippen LogP contribution is 2.24. The van der Waals surface area contributed by atoms with Crippen LogP contribution in [-0.4, -0.2) is 18.4 Å². The number of aryl methyl sites for hydroxylation is 1. The number of hydrogen-bond donors (Lipinski definition) is 2. The normalized spacial score (nSPS) is 10.3. The minimum Gasteiger partial charge on any atom is -0.483 e. The lowest BCUT2D eigenvalue weighted by molar-refractivity contribution is -0.123. The van der Waals surface area contributed by atoms with Gasteiger partial charge >= 0.3 is 0 Å². The van der Waals surface area contributed by atoms with Crippen molar-refractivity contribution in [1.82, 2.24) is 10.9 Å². The molecule has 5 nitrogen and oxygen atoms in total. The molecule has 0 aliphatic carbocycles. The highest BCUT2D eigenvalue weighted by Gasteiger charge is 2.10. The lowest BCUT2D eigenvalue weighted by Crippen LogP contribution is -2.44. The summed E-state index contributed by atoms with van der Waals surface area (Å²) in [7, 11) is 0. The van der Waals surface area contributed by atoms with Crippen LogP contribution in [0.5, 0.6) is 5.75 Å². The van der Waals surface area contributed by atoms with Gasteiger partial charge in [0.1, 0.15) is 5.75 Å². The second-order valence-corrected chi connectivity index (χ2v) is 5.58.